The Morgan fingerprint density at radius 3 is 2.11 bits per heavy atom. The van der Waals surface area contributed by atoms with E-state index >= 15 is 0 Å². The molecule has 0 saturated heterocycles. The minimum atomic E-state index is -0.0921. The minimum Gasteiger partial charge on any atom is -0.390 e. The van der Waals surface area contributed by atoms with Gasteiger partial charge in [-0.3, -0.25) is 0 Å². The van der Waals surface area contributed by atoms with E-state index in [9.17, 15) is 0 Å². The van der Waals surface area contributed by atoms with E-state index in [0.29, 0.717) is 32.1 Å². The van der Waals surface area contributed by atoms with Gasteiger partial charge < -0.3 is 19.5 Å². The van der Waals surface area contributed by atoms with Crippen LogP contribution in [0.4, 0.5) is 5.82 Å². The fraction of sp³-hybridized carbons (Fsp3) is 0.692. The lowest BCUT2D eigenvalue weighted by Gasteiger charge is -2.23. The molecular weight excluding hydrogens is 246 g/mol. The van der Waals surface area contributed by atoms with Gasteiger partial charge in [-0.2, -0.15) is 5.10 Å². The maximum atomic E-state index is 8.96. The van der Waals surface area contributed by atoms with Crippen LogP contribution in [0.5, 0.6) is 0 Å². The first-order chi connectivity index (χ1) is 9.31. The van der Waals surface area contributed by atoms with Gasteiger partial charge in [0.25, 0.3) is 0 Å². The molecule has 1 N–H and O–H groups in total. The van der Waals surface area contributed by atoms with Gasteiger partial charge in [-0.1, -0.05) is 0 Å². The van der Waals surface area contributed by atoms with Gasteiger partial charge in [0, 0.05) is 26.3 Å². The second-order valence-corrected chi connectivity index (χ2v) is 3.92. The van der Waals surface area contributed by atoms with Crippen LogP contribution >= 0.6 is 0 Å². The number of anilines is 1. The molecule has 0 aromatic carbocycles. The van der Waals surface area contributed by atoms with Crippen LogP contribution in [-0.2, 0) is 16.1 Å². The molecule has 0 spiro atoms. The fourth-order valence-electron chi connectivity index (χ4n) is 1.58. The summed E-state index contributed by atoms with van der Waals surface area (Å²) in [6.07, 6.45) is 0. The monoisotopic (exact) mass is 269 g/mol. The lowest BCUT2D eigenvalue weighted by atomic mass is 10.3. The van der Waals surface area contributed by atoms with E-state index in [1.807, 2.05) is 19.9 Å². The van der Waals surface area contributed by atoms with Gasteiger partial charge in [-0.25, -0.2) is 0 Å². The molecule has 6 nitrogen and oxygen atoms in total. The predicted molar refractivity (Wildman–Crippen MR) is 73.2 cm³/mol. The van der Waals surface area contributed by atoms with Crippen LogP contribution in [0.15, 0.2) is 12.1 Å². The zero-order valence-corrected chi connectivity index (χ0v) is 11.7. The highest BCUT2D eigenvalue weighted by atomic mass is 16.5. The van der Waals surface area contributed by atoms with Gasteiger partial charge in [0.15, 0.2) is 5.82 Å². The molecule has 0 aliphatic heterocycles. The number of nitrogens with zero attached hydrogens (tertiary/aromatic N) is 3. The average Bonchev–Trinajstić information content (AvgIpc) is 2.46. The van der Waals surface area contributed by atoms with Gasteiger partial charge in [0.05, 0.1) is 25.5 Å². The second-order valence-electron chi connectivity index (χ2n) is 3.92. The lowest BCUT2D eigenvalue weighted by Crippen LogP contribution is -2.32. The van der Waals surface area contributed by atoms with Gasteiger partial charge in [0.2, 0.25) is 0 Å². The quantitative estimate of drug-likeness (QED) is 0.635. The number of aromatic nitrogens is 2. The Balaban J connectivity index is 2.58. The van der Waals surface area contributed by atoms with Crippen molar-refractivity contribution >= 4 is 5.82 Å². The van der Waals surface area contributed by atoms with Crippen LogP contribution < -0.4 is 4.90 Å². The average molecular weight is 269 g/mol. The normalized spacial score (nSPS) is 10.7. The molecule has 6 heteroatoms. The summed E-state index contributed by atoms with van der Waals surface area (Å²) in [5.74, 6) is 0.775. The number of rotatable bonds is 10. The Hall–Kier alpha value is -1.24. The van der Waals surface area contributed by atoms with E-state index in [2.05, 4.69) is 15.1 Å². The first-order valence-corrected chi connectivity index (χ1v) is 6.65. The summed E-state index contributed by atoms with van der Waals surface area (Å²) in [6.45, 7) is 8.04. The third-order valence-electron chi connectivity index (χ3n) is 2.61. The number of hydrogen-bond acceptors (Lipinski definition) is 6. The highest BCUT2D eigenvalue weighted by Gasteiger charge is 2.08. The fourth-order valence-corrected chi connectivity index (χ4v) is 1.58. The van der Waals surface area contributed by atoms with Crippen LogP contribution in [0.1, 0.15) is 19.5 Å². The van der Waals surface area contributed by atoms with E-state index in [1.165, 1.54) is 0 Å². The van der Waals surface area contributed by atoms with E-state index in [-0.39, 0.29) is 6.61 Å². The Morgan fingerprint density at radius 2 is 1.68 bits per heavy atom. The molecule has 1 heterocycles. The summed E-state index contributed by atoms with van der Waals surface area (Å²) in [6, 6.07) is 3.63. The SMILES string of the molecule is CCOCCN(CCOCC)c1ccc(CO)nn1. The molecule has 1 aromatic rings. The summed E-state index contributed by atoms with van der Waals surface area (Å²) in [4.78, 5) is 2.07. The molecule has 1 rings (SSSR count). The van der Waals surface area contributed by atoms with Crippen molar-refractivity contribution in [1.29, 1.82) is 0 Å². The predicted octanol–water partition coefficient (Wildman–Crippen LogP) is 0.848. The van der Waals surface area contributed by atoms with Gasteiger partial charge in [-0.05, 0) is 26.0 Å². The van der Waals surface area contributed by atoms with Crippen molar-refractivity contribution in [2.24, 2.45) is 0 Å². The molecule has 108 valence electrons. The van der Waals surface area contributed by atoms with Crippen molar-refractivity contribution in [2.45, 2.75) is 20.5 Å². The van der Waals surface area contributed by atoms with Gasteiger partial charge in [-0.15, -0.1) is 5.10 Å². The minimum absolute atomic E-state index is 0.0921. The molecular formula is C13H23N3O3. The van der Waals surface area contributed by atoms with Crippen LogP contribution in [0, 0.1) is 0 Å². The Morgan fingerprint density at radius 1 is 1.05 bits per heavy atom. The van der Waals surface area contributed by atoms with E-state index < -0.39 is 0 Å². The largest absolute Gasteiger partial charge is 0.390 e. The van der Waals surface area contributed by atoms with Crippen LogP contribution in [0.3, 0.4) is 0 Å². The Labute approximate surface area is 114 Å². The van der Waals surface area contributed by atoms with Crippen LogP contribution in [0.25, 0.3) is 0 Å². The third kappa shape index (κ3) is 5.96. The van der Waals surface area contributed by atoms with E-state index in [0.717, 1.165) is 18.9 Å². The van der Waals surface area contributed by atoms with E-state index in [1.54, 1.807) is 6.07 Å². The standard InChI is InChI=1S/C13H23N3O3/c1-3-18-9-7-16(8-10-19-4-2)13-6-5-12(11-17)14-15-13/h5-6,17H,3-4,7-11H2,1-2H3. The molecule has 0 fully saturated rings. The smallest absolute Gasteiger partial charge is 0.151 e. The molecule has 1 aromatic heterocycles. The van der Waals surface area contributed by atoms with Crippen molar-refractivity contribution in [1.82, 2.24) is 10.2 Å². The number of aliphatic hydroxyl groups is 1. The Kier molecular flexibility index (Phi) is 8.04. The first kappa shape index (κ1) is 15.8. The lowest BCUT2D eigenvalue weighted by molar-refractivity contribution is 0.141. The summed E-state index contributed by atoms with van der Waals surface area (Å²) in [5.41, 5.74) is 0.568. The van der Waals surface area contributed by atoms with Crippen molar-refractivity contribution in [3.63, 3.8) is 0 Å². The molecule has 0 atom stereocenters. The zero-order chi connectivity index (χ0) is 13.9. The number of ether oxygens (including phenoxy) is 2. The van der Waals surface area contributed by atoms with Crippen molar-refractivity contribution < 1.29 is 14.6 Å². The second kappa shape index (κ2) is 9.66. The topological polar surface area (TPSA) is 67.7 Å². The molecule has 0 radical (unpaired) electrons. The van der Waals surface area contributed by atoms with Crippen LogP contribution in [-0.4, -0.2) is 54.8 Å². The van der Waals surface area contributed by atoms with Crippen LogP contribution in [0.2, 0.25) is 0 Å². The maximum absolute atomic E-state index is 8.96. The highest BCUT2D eigenvalue weighted by molar-refractivity contribution is 5.37. The van der Waals surface area contributed by atoms with Crippen molar-refractivity contribution in [2.75, 3.05) is 44.4 Å². The first-order valence-electron chi connectivity index (χ1n) is 6.65. The summed E-state index contributed by atoms with van der Waals surface area (Å²) in [5, 5.41) is 17.0. The zero-order valence-electron chi connectivity index (χ0n) is 11.7. The summed E-state index contributed by atoms with van der Waals surface area (Å²) < 4.78 is 10.7. The molecule has 0 aliphatic rings. The van der Waals surface area contributed by atoms with Crippen molar-refractivity contribution in [3.05, 3.63) is 17.8 Å². The molecule has 0 bridgehead atoms. The molecule has 0 amide bonds. The summed E-state index contributed by atoms with van der Waals surface area (Å²) in [7, 11) is 0. The molecule has 0 aliphatic carbocycles. The van der Waals surface area contributed by atoms with Crippen molar-refractivity contribution in [3.8, 4) is 0 Å². The molecule has 19 heavy (non-hydrogen) atoms. The summed E-state index contributed by atoms with van der Waals surface area (Å²) >= 11 is 0. The molecule has 0 saturated carbocycles. The van der Waals surface area contributed by atoms with E-state index in [4.69, 9.17) is 14.6 Å². The molecule has 0 unspecified atom stereocenters. The number of hydrogen-bond donors (Lipinski definition) is 1. The third-order valence-corrected chi connectivity index (χ3v) is 2.61. The Bertz CT molecular complexity index is 322. The van der Waals surface area contributed by atoms with Gasteiger partial charge in [0.1, 0.15) is 0 Å². The maximum Gasteiger partial charge on any atom is 0.151 e. The highest BCUT2D eigenvalue weighted by Crippen LogP contribution is 2.09. The number of aliphatic hydroxyl groups excluding tert-OH is 1. The van der Waals surface area contributed by atoms with Gasteiger partial charge >= 0.3 is 0 Å².